The second-order valence-electron chi connectivity index (χ2n) is 10.9. The van der Waals surface area contributed by atoms with E-state index in [0.29, 0.717) is 49.4 Å². The lowest BCUT2D eigenvalue weighted by Crippen LogP contribution is -1.98. The Bertz CT molecular complexity index is 3350. The molecule has 0 saturated heterocycles. The molecule has 0 N–H and O–H groups in total. The Morgan fingerprint density at radius 2 is 1.02 bits per heavy atom. The van der Waals surface area contributed by atoms with Crippen molar-refractivity contribution in [2.45, 2.75) is 0 Å². The van der Waals surface area contributed by atoms with Gasteiger partial charge in [0, 0.05) is 11.3 Å². The highest BCUT2D eigenvalue weighted by atomic mass is 15.1. The molecule has 2 heteroatoms. The van der Waals surface area contributed by atoms with E-state index in [-0.39, 0.29) is 33.6 Å². The molecule has 9 rings (SSSR count). The molecule has 0 fully saturated rings. The Kier molecular flexibility index (Phi) is 3.80. The van der Waals surface area contributed by atoms with Crippen molar-refractivity contribution in [2.24, 2.45) is 0 Å². The fraction of sp³-hybridized carbons (Fsp3) is 0. The van der Waals surface area contributed by atoms with E-state index in [1.807, 2.05) is 36.4 Å². The number of para-hydroxylation sites is 2. The minimum absolute atomic E-state index is 0.0752. The fourth-order valence-corrected chi connectivity index (χ4v) is 6.30. The molecular formula is C45H30N2. The average molecular weight is 614 g/mol. The highest BCUT2D eigenvalue weighted by Crippen LogP contribution is 2.45. The topological polar surface area (TPSA) is 17.8 Å². The first-order valence-corrected chi connectivity index (χ1v) is 14.8. The third kappa shape index (κ3) is 4.62. The van der Waals surface area contributed by atoms with Crippen molar-refractivity contribution in [1.29, 1.82) is 0 Å². The summed E-state index contributed by atoms with van der Waals surface area (Å²) >= 11 is 0. The van der Waals surface area contributed by atoms with Gasteiger partial charge in [0.2, 0.25) is 0 Å². The minimum atomic E-state index is -0.569. The molecule has 8 aromatic carbocycles. The van der Waals surface area contributed by atoms with Gasteiger partial charge in [0.05, 0.1) is 31.6 Å². The molecule has 0 bridgehead atoms. The number of imidazole rings is 1. The summed E-state index contributed by atoms with van der Waals surface area (Å²) in [5.41, 5.74) is 3.21. The van der Waals surface area contributed by atoms with Crippen LogP contribution in [-0.2, 0) is 0 Å². The van der Waals surface area contributed by atoms with Gasteiger partial charge in [-0.1, -0.05) is 151 Å². The van der Waals surface area contributed by atoms with E-state index in [2.05, 4.69) is 0 Å². The number of benzene rings is 8. The van der Waals surface area contributed by atoms with Gasteiger partial charge in [-0.15, -0.1) is 0 Å². The summed E-state index contributed by atoms with van der Waals surface area (Å²) in [7, 11) is 0. The maximum atomic E-state index is 9.07. The summed E-state index contributed by atoms with van der Waals surface area (Å²) in [5, 5.41) is 2.06. The first kappa shape index (κ1) is 15.8. The van der Waals surface area contributed by atoms with E-state index >= 15 is 0 Å². The lowest BCUT2D eigenvalue weighted by Gasteiger charge is -2.19. The van der Waals surface area contributed by atoms with Gasteiger partial charge in [-0.2, -0.15) is 0 Å². The van der Waals surface area contributed by atoms with Gasteiger partial charge in [-0.05, 0) is 85.3 Å². The highest BCUT2D eigenvalue weighted by molar-refractivity contribution is 6.22. The largest absolute Gasteiger partial charge is 0.292 e. The van der Waals surface area contributed by atoms with Gasteiger partial charge in [-0.3, -0.25) is 4.57 Å². The molecule has 0 aliphatic rings. The molecule has 1 heterocycles. The van der Waals surface area contributed by atoms with Crippen LogP contribution in [-0.4, -0.2) is 9.55 Å². The van der Waals surface area contributed by atoms with Crippen LogP contribution >= 0.6 is 0 Å². The highest BCUT2D eigenvalue weighted by Gasteiger charge is 2.19. The van der Waals surface area contributed by atoms with Crippen LogP contribution in [0.1, 0.15) is 20.6 Å². The van der Waals surface area contributed by atoms with Crippen molar-refractivity contribution < 1.29 is 20.6 Å². The second-order valence-corrected chi connectivity index (χ2v) is 10.9. The normalized spacial score (nSPS) is 15.9. The third-order valence-electron chi connectivity index (χ3n) is 8.24. The molecule has 2 nitrogen and oxygen atoms in total. The maximum Gasteiger partial charge on any atom is 0.145 e. The molecule has 0 aliphatic heterocycles. The minimum Gasteiger partial charge on any atom is -0.292 e. The summed E-state index contributed by atoms with van der Waals surface area (Å²) < 4.78 is 131. The summed E-state index contributed by atoms with van der Waals surface area (Å²) in [5.74, 6) is 0.120. The molecule has 0 spiro atoms. The van der Waals surface area contributed by atoms with Gasteiger partial charge < -0.3 is 0 Å². The molecule has 220 valence electrons. The molecule has 9 aromatic rings. The predicted molar refractivity (Wildman–Crippen MR) is 198 cm³/mol. The van der Waals surface area contributed by atoms with Crippen molar-refractivity contribution in [2.75, 3.05) is 0 Å². The number of hydrogen-bond acceptors (Lipinski definition) is 1. The summed E-state index contributed by atoms with van der Waals surface area (Å²) in [6.45, 7) is 0. The summed E-state index contributed by atoms with van der Waals surface area (Å²) in [6, 6.07) is 19.3. The van der Waals surface area contributed by atoms with E-state index in [4.69, 9.17) is 25.5 Å². The van der Waals surface area contributed by atoms with E-state index in [9.17, 15) is 0 Å². The smallest absolute Gasteiger partial charge is 0.145 e. The fourth-order valence-electron chi connectivity index (χ4n) is 6.30. The Labute approximate surface area is 294 Å². The van der Waals surface area contributed by atoms with Gasteiger partial charge in [0.25, 0.3) is 0 Å². The molecule has 0 saturated carbocycles. The van der Waals surface area contributed by atoms with E-state index < -0.39 is 90.6 Å². The predicted octanol–water partition coefficient (Wildman–Crippen LogP) is 12.0. The molecule has 0 radical (unpaired) electrons. The van der Waals surface area contributed by atoms with Crippen LogP contribution in [0.2, 0.25) is 0 Å². The number of fused-ring (bicyclic) bond motifs is 3. The SMILES string of the molecule is [2H]c1c([2H])c([2H])c(-c2ccc3c(-c4cccc(-n5c(-c6c([2H])c([2H])c([2H])c([2H])c6[2H])nc6ccccc65)c4)c4ccccc4c(-c4c([2H])c([2H])c([2H])c([2H])c4[2H])c3c2)c([2H])c1[2H]. The van der Waals surface area contributed by atoms with Crippen molar-refractivity contribution in [3.8, 4) is 50.5 Å². The zero-order valence-electron chi connectivity index (χ0n) is 39.6. The number of nitrogens with zero attached hydrogens (tertiary/aromatic N) is 2. The second kappa shape index (κ2) is 11.3. The van der Waals surface area contributed by atoms with Gasteiger partial charge >= 0.3 is 0 Å². The van der Waals surface area contributed by atoms with Crippen molar-refractivity contribution in [1.82, 2.24) is 9.55 Å². The number of rotatable bonds is 5. The quantitative estimate of drug-likeness (QED) is 0.177. The van der Waals surface area contributed by atoms with E-state index in [1.54, 1.807) is 59.2 Å². The molecule has 1 aromatic heterocycles. The Morgan fingerprint density at radius 3 is 1.74 bits per heavy atom. The van der Waals surface area contributed by atoms with E-state index in [0.717, 1.165) is 0 Å². The third-order valence-corrected chi connectivity index (χ3v) is 8.24. The zero-order valence-corrected chi connectivity index (χ0v) is 24.6. The maximum absolute atomic E-state index is 9.07. The van der Waals surface area contributed by atoms with Crippen LogP contribution in [0.3, 0.4) is 0 Å². The van der Waals surface area contributed by atoms with Crippen molar-refractivity contribution >= 4 is 32.6 Å². The van der Waals surface area contributed by atoms with Gasteiger partial charge in [0.15, 0.2) is 0 Å². The van der Waals surface area contributed by atoms with Crippen LogP contribution in [0.4, 0.5) is 0 Å². The lowest BCUT2D eigenvalue weighted by molar-refractivity contribution is 1.10. The zero-order chi connectivity index (χ0) is 44.2. The summed E-state index contributed by atoms with van der Waals surface area (Å²) in [4.78, 5) is 4.79. The molecule has 0 atom stereocenters. The first-order valence-electron chi connectivity index (χ1n) is 22.3. The molecule has 47 heavy (non-hydrogen) atoms. The van der Waals surface area contributed by atoms with E-state index in [1.165, 1.54) is 0 Å². The lowest BCUT2D eigenvalue weighted by atomic mass is 9.85. The Balaban J connectivity index is 1.40. The molecule has 0 unspecified atom stereocenters. The monoisotopic (exact) mass is 613 g/mol. The van der Waals surface area contributed by atoms with Crippen LogP contribution in [0, 0.1) is 0 Å². The molecular weight excluding hydrogens is 569 g/mol. The van der Waals surface area contributed by atoms with Crippen molar-refractivity contribution in [3.05, 3.63) is 182 Å². The van der Waals surface area contributed by atoms with Gasteiger partial charge in [-0.25, -0.2) is 4.98 Å². The van der Waals surface area contributed by atoms with Crippen LogP contribution in [0.15, 0.2) is 182 Å². The molecule has 0 amide bonds. The standard InChI is InChI=1S/C45H30N2/c1-4-15-31(16-5-1)34-27-28-39-40(30-34)43(32-17-6-2-7-18-32)37-23-10-11-24-38(37)44(39)35-21-14-22-36(29-35)47-42-26-13-12-25-41(42)46-45(47)33-19-8-3-9-20-33/h1-30H/i1D,2D,3D,4D,5D,6D,7D,8D,9D,15D,16D,17D,18D,19D,20D. The van der Waals surface area contributed by atoms with Gasteiger partial charge in [0.1, 0.15) is 5.82 Å². The number of aromatic nitrogens is 2. The van der Waals surface area contributed by atoms with Crippen LogP contribution in [0.5, 0.6) is 0 Å². The van der Waals surface area contributed by atoms with Crippen LogP contribution < -0.4 is 0 Å². The number of hydrogen-bond donors (Lipinski definition) is 0. The Hall–Kier alpha value is -6.25. The first-order chi connectivity index (χ1) is 29.5. The van der Waals surface area contributed by atoms with Crippen LogP contribution in [0.25, 0.3) is 83.0 Å². The summed E-state index contributed by atoms with van der Waals surface area (Å²) in [6.07, 6.45) is 0. The van der Waals surface area contributed by atoms with Crippen molar-refractivity contribution in [3.63, 3.8) is 0 Å². The Morgan fingerprint density at radius 1 is 0.426 bits per heavy atom. The average Bonchev–Trinajstić information content (AvgIpc) is 3.66. The molecule has 0 aliphatic carbocycles.